The molecule has 0 saturated carbocycles. The van der Waals surface area contributed by atoms with E-state index in [2.05, 4.69) is 15.0 Å². The molecule has 168 valence electrons. The number of fused-ring (bicyclic) bond motifs is 1. The molecule has 3 aromatic rings. The predicted octanol–water partition coefficient (Wildman–Crippen LogP) is 4.13. The standard InChI is InChI=1S/C23H17ClFN3O4S/c1-32-21-10-14(6-7-26-21)12-27-23(30)15-3-5-19-16(11-15)22(29)20(33(31)28-19)9-13-2-4-18(25)17(24)8-13/h2-11,28H,12H2,1H3,(H,27,30)/b20-9-. The first-order valence-electron chi connectivity index (χ1n) is 9.67. The number of ether oxygens (including phenoxy) is 1. The molecule has 1 unspecified atom stereocenters. The van der Waals surface area contributed by atoms with E-state index < -0.39 is 22.6 Å². The predicted molar refractivity (Wildman–Crippen MR) is 124 cm³/mol. The third-order valence-corrected chi connectivity index (χ3v) is 6.25. The summed E-state index contributed by atoms with van der Waals surface area (Å²) in [5.41, 5.74) is 2.03. The average molecular weight is 486 g/mol. The number of nitrogens with one attached hydrogen (secondary N) is 2. The zero-order valence-electron chi connectivity index (χ0n) is 17.2. The zero-order chi connectivity index (χ0) is 23.5. The number of benzene rings is 2. The molecule has 0 bridgehead atoms. The van der Waals surface area contributed by atoms with Crippen LogP contribution < -0.4 is 14.8 Å². The van der Waals surface area contributed by atoms with Gasteiger partial charge in [0.1, 0.15) is 10.7 Å². The Balaban J connectivity index is 1.56. The van der Waals surface area contributed by atoms with E-state index in [1.54, 1.807) is 18.3 Å². The van der Waals surface area contributed by atoms with E-state index >= 15 is 0 Å². The van der Waals surface area contributed by atoms with E-state index in [0.29, 0.717) is 17.1 Å². The molecule has 0 radical (unpaired) electrons. The highest BCUT2D eigenvalue weighted by Gasteiger charge is 2.28. The van der Waals surface area contributed by atoms with Gasteiger partial charge in [0, 0.05) is 29.9 Å². The number of amides is 1. The van der Waals surface area contributed by atoms with Crippen LogP contribution in [-0.4, -0.2) is 28.0 Å². The van der Waals surface area contributed by atoms with Crippen LogP contribution in [0.15, 0.2) is 59.6 Å². The van der Waals surface area contributed by atoms with E-state index in [9.17, 15) is 18.2 Å². The summed E-state index contributed by atoms with van der Waals surface area (Å²) in [4.78, 5) is 29.7. The van der Waals surface area contributed by atoms with E-state index in [1.165, 1.54) is 43.5 Å². The second kappa shape index (κ2) is 9.51. The van der Waals surface area contributed by atoms with Gasteiger partial charge in [-0.15, -0.1) is 0 Å². The molecule has 2 heterocycles. The van der Waals surface area contributed by atoms with Crippen LogP contribution in [0.5, 0.6) is 5.88 Å². The lowest BCUT2D eigenvalue weighted by Crippen LogP contribution is -2.25. The summed E-state index contributed by atoms with van der Waals surface area (Å²) >= 11 is 5.80. The number of hydrogen-bond donors (Lipinski definition) is 2. The van der Waals surface area contributed by atoms with Crippen molar-refractivity contribution in [1.29, 1.82) is 0 Å². The van der Waals surface area contributed by atoms with Gasteiger partial charge in [0.15, 0.2) is 11.0 Å². The van der Waals surface area contributed by atoms with Gasteiger partial charge in [-0.3, -0.25) is 9.59 Å². The molecular weight excluding hydrogens is 469 g/mol. The summed E-state index contributed by atoms with van der Waals surface area (Å²) in [6.45, 7) is 0.238. The Morgan fingerprint density at radius 2 is 2.06 bits per heavy atom. The highest BCUT2D eigenvalue weighted by atomic mass is 35.5. The van der Waals surface area contributed by atoms with Crippen LogP contribution in [0.25, 0.3) is 6.08 Å². The molecule has 0 fully saturated rings. The number of aromatic nitrogens is 1. The highest BCUT2D eigenvalue weighted by Crippen LogP contribution is 2.30. The van der Waals surface area contributed by atoms with Gasteiger partial charge >= 0.3 is 0 Å². The van der Waals surface area contributed by atoms with Gasteiger partial charge in [-0.1, -0.05) is 17.7 Å². The number of hydrogen-bond acceptors (Lipinski definition) is 5. The fraction of sp³-hybridized carbons (Fsp3) is 0.0870. The number of Topliss-reactive ketones (excluding diaryl/α,β-unsaturated/α-hetero) is 1. The Kier molecular flexibility index (Phi) is 6.52. The number of rotatable bonds is 5. The number of halogens is 2. The summed E-state index contributed by atoms with van der Waals surface area (Å²) < 4.78 is 33.8. The summed E-state index contributed by atoms with van der Waals surface area (Å²) in [6.07, 6.45) is 2.95. The van der Waals surface area contributed by atoms with Gasteiger partial charge in [0.05, 0.1) is 17.8 Å². The smallest absolute Gasteiger partial charge is 0.251 e. The molecule has 2 N–H and O–H groups in total. The molecule has 4 rings (SSSR count). The van der Waals surface area contributed by atoms with E-state index in [0.717, 1.165) is 11.6 Å². The quantitative estimate of drug-likeness (QED) is 0.530. The average Bonchev–Trinajstić information content (AvgIpc) is 2.82. The number of carbonyl (C=O) groups excluding carboxylic acids is 2. The maximum absolute atomic E-state index is 13.4. The van der Waals surface area contributed by atoms with E-state index in [1.807, 2.05) is 0 Å². The van der Waals surface area contributed by atoms with Crippen molar-refractivity contribution in [2.24, 2.45) is 0 Å². The van der Waals surface area contributed by atoms with E-state index in [-0.39, 0.29) is 33.5 Å². The first-order chi connectivity index (χ1) is 15.9. The molecule has 1 aliphatic heterocycles. The maximum atomic E-state index is 13.4. The van der Waals surface area contributed by atoms with Gasteiger partial charge < -0.3 is 14.8 Å². The Bertz CT molecular complexity index is 1330. The number of carbonyl (C=O) groups is 2. The summed E-state index contributed by atoms with van der Waals surface area (Å²) in [6, 6.07) is 11.9. The van der Waals surface area contributed by atoms with Crippen molar-refractivity contribution in [2.75, 3.05) is 11.8 Å². The number of ketones is 1. The third-order valence-electron chi connectivity index (χ3n) is 4.86. The second-order valence-electron chi connectivity index (χ2n) is 7.03. The second-order valence-corrected chi connectivity index (χ2v) is 8.62. The van der Waals surface area contributed by atoms with Crippen molar-refractivity contribution in [3.8, 4) is 5.88 Å². The molecule has 1 amide bonds. The molecule has 33 heavy (non-hydrogen) atoms. The van der Waals surface area contributed by atoms with Crippen LogP contribution in [0, 0.1) is 5.82 Å². The minimum absolute atomic E-state index is 0.0355. The van der Waals surface area contributed by atoms with Crippen LogP contribution >= 0.6 is 11.6 Å². The van der Waals surface area contributed by atoms with Crippen LogP contribution in [0.1, 0.15) is 31.8 Å². The largest absolute Gasteiger partial charge is 0.481 e. The summed E-state index contributed by atoms with van der Waals surface area (Å²) in [5.74, 6) is -1.05. The lowest BCUT2D eigenvalue weighted by atomic mass is 10.0. The number of nitrogens with zero attached hydrogens (tertiary/aromatic N) is 1. The lowest BCUT2D eigenvalue weighted by molar-refractivity contribution is 0.0951. The Morgan fingerprint density at radius 1 is 1.24 bits per heavy atom. The van der Waals surface area contributed by atoms with Crippen molar-refractivity contribution >= 4 is 46.0 Å². The first-order valence-corrected chi connectivity index (χ1v) is 11.2. The molecule has 1 aliphatic rings. The molecule has 0 aliphatic carbocycles. The Labute approximate surface area is 196 Å². The van der Waals surface area contributed by atoms with Gasteiger partial charge in [-0.2, -0.15) is 0 Å². The van der Waals surface area contributed by atoms with Gasteiger partial charge in [0.2, 0.25) is 11.7 Å². The molecule has 2 aromatic carbocycles. The van der Waals surface area contributed by atoms with Gasteiger partial charge in [0.25, 0.3) is 5.91 Å². The fourth-order valence-corrected chi connectivity index (χ4v) is 4.36. The molecule has 7 nitrogen and oxygen atoms in total. The molecule has 1 atom stereocenters. The third kappa shape index (κ3) is 4.94. The van der Waals surface area contributed by atoms with Crippen LogP contribution in [0.4, 0.5) is 10.1 Å². The normalized spacial score (nSPS) is 16.2. The number of anilines is 1. The van der Waals surface area contributed by atoms with Crippen molar-refractivity contribution in [3.63, 3.8) is 0 Å². The molecule has 0 spiro atoms. The van der Waals surface area contributed by atoms with Crippen molar-refractivity contribution in [2.45, 2.75) is 6.54 Å². The molecule has 10 heteroatoms. The first kappa shape index (κ1) is 22.6. The summed E-state index contributed by atoms with van der Waals surface area (Å²) in [7, 11) is -0.321. The number of allylic oxidation sites excluding steroid dienone is 1. The van der Waals surface area contributed by atoms with E-state index in [4.69, 9.17) is 16.3 Å². The maximum Gasteiger partial charge on any atom is 0.251 e. The molecule has 1 aromatic heterocycles. The van der Waals surface area contributed by atoms with Crippen molar-refractivity contribution < 1.29 is 22.9 Å². The van der Waals surface area contributed by atoms with Crippen LogP contribution in [0.2, 0.25) is 5.02 Å². The van der Waals surface area contributed by atoms with Crippen LogP contribution in [0.3, 0.4) is 0 Å². The van der Waals surface area contributed by atoms with Crippen molar-refractivity contribution in [3.05, 3.63) is 92.7 Å². The summed E-state index contributed by atoms with van der Waals surface area (Å²) in [5, 5.41) is 2.67. The van der Waals surface area contributed by atoms with Crippen LogP contribution in [-0.2, 0) is 17.5 Å². The minimum Gasteiger partial charge on any atom is -0.481 e. The molecular formula is C23H17ClFN3O4S. The van der Waals surface area contributed by atoms with Crippen molar-refractivity contribution in [1.82, 2.24) is 10.3 Å². The molecule has 0 saturated heterocycles. The Morgan fingerprint density at radius 3 is 2.82 bits per heavy atom. The zero-order valence-corrected chi connectivity index (χ0v) is 18.8. The van der Waals surface area contributed by atoms with Gasteiger partial charge in [-0.25, -0.2) is 13.6 Å². The number of methoxy groups -OCH3 is 1. The Hall–Kier alpha value is -3.56. The minimum atomic E-state index is -1.82. The number of pyridine rings is 1. The fourth-order valence-electron chi connectivity index (χ4n) is 3.16. The highest BCUT2D eigenvalue weighted by molar-refractivity contribution is 7.91. The lowest BCUT2D eigenvalue weighted by Gasteiger charge is -2.19. The SMILES string of the molecule is COc1cc(CNC(=O)c2ccc3c(c2)C(=O)/C(=C/c2ccc(F)c(Cl)c2)S(=O)N3)ccn1. The van der Waals surface area contributed by atoms with Gasteiger partial charge in [-0.05, 0) is 53.6 Å². The monoisotopic (exact) mass is 485 g/mol. The topological polar surface area (TPSA) is 97.4 Å².